The van der Waals surface area contributed by atoms with Crippen molar-refractivity contribution in [3.63, 3.8) is 0 Å². The zero-order valence-corrected chi connectivity index (χ0v) is 10.8. The molecule has 1 rings (SSSR count). The molecule has 1 aromatic carbocycles. The van der Waals surface area contributed by atoms with Crippen LogP contribution in [0.1, 0.15) is 43.4 Å². The molecule has 1 aromatic rings. The molecule has 1 atom stereocenters. The average Bonchev–Trinajstić information content (AvgIpc) is 2.28. The van der Waals surface area contributed by atoms with E-state index in [9.17, 15) is 4.39 Å². The van der Waals surface area contributed by atoms with Crippen LogP contribution in [0.4, 0.5) is 4.39 Å². The van der Waals surface area contributed by atoms with Gasteiger partial charge in [0.25, 0.3) is 0 Å². The maximum atomic E-state index is 13.1. The molecule has 0 aromatic heterocycles. The van der Waals surface area contributed by atoms with Crippen LogP contribution in [0, 0.1) is 12.7 Å². The van der Waals surface area contributed by atoms with Crippen LogP contribution in [0.5, 0.6) is 0 Å². The topological polar surface area (TPSA) is 12.0 Å². The van der Waals surface area contributed by atoms with Crippen LogP contribution in [0.25, 0.3) is 0 Å². The fourth-order valence-electron chi connectivity index (χ4n) is 2.11. The van der Waals surface area contributed by atoms with Gasteiger partial charge in [0.05, 0.1) is 0 Å². The van der Waals surface area contributed by atoms with Gasteiger partial charge < -0.3 is 5.32 Å². The van der Waals surface area contributed by atoms with Crippen molar-refractivity contribution in [1.82, 2.24) is 5.32 Å². The molecule has 0 aliphatic rings. The van der Waals surface area contributed by atoms with Gasteiger partial charge >= 0.3 is 0 Å². The average molecular weight is 235 g/mol. The molecule has 2 heteroatoms. The van der Waals surface area contributed by atoms with Crippen molar-refractivity contribution >= 4 is 0 Å². The van der Waals surface area contributed by atoms with E-state index in [0.29, 0.717) is 6.04 Å². The molecule has 0 aliphatic carbocycles. The molecule has 0 bridgehead atoms. The molecule has 0 radical (unpaired) electrons. The third-order valence-electron chi connectivity index (χ3n) is 2.96. The van der Waals surface area contributed by atoms with E-state index in [1.165, 1.54) is 5.56 Å². The molecule has 1 N–H and O–H groups in total. The Labute approximate surface area is 104 Å². The maximum Gasteiger partial charge on any atom is 0.123 e. The number of benzene rings is 1. The first-order valence-corrected chi connectivity index (χ1v) is 6.29. The van der Waals surface area contributed by atoms with E-state index >= 15 is 0 Å². The van der Waals surface area contributed by atoms with Crippen LogP contribution in [-0.2, 0) is 0 Å². The number of allylic oxidation sites excluding steroid dienone is 1. The Morgan fingerprint density at radius 2 is 2.24 bits per heavy atom. The van der Waals surface area contributed by atoms with Gasteiger partial charge in [0.1, 0.15) is 5.82 Å². The number of aryl methyl sites for hydroxylation is 1. The third-order valence-corrected chi connectivity index (χ3v) is 2.96. The summed E-state index contributed by atoms with van der Waals surface area (Å²) in [5, 5.41) is 3.46. The molecule has 0 aliphatic heterocycles. The molecule has 0 heterocycles. The third kappa shape index (κ3) is 4.31. The summed E-state index contributed by atoms with van der Waals surface area (Å²) < 4.78 is 13.1. The predicted molar refractivity (Wildman–Crippen MR) is 71.6 cm³/mol. The molecule has 0 spiro atoms. The first kappa shape index (κ1) is 13.9. The van der Waals surface area contributed by atoms with Gasteiger partial charge in [-0.25, -0.2) is 4.39 Å². The van der Waals surface area contributed by atoms with Gasteiger partial charge in [-0.2, -0.15) is 0 Å². The molecular weight excluding hydrogens is 213 g/mol. The van der Waals surface area contributed by atoms with Gasteiger partial charge in [0.2, 0.25) is 0 Å². The lowest BCUT2D eigenvalue weighted by atomic mass is 9.96. The van der Waals surface area contributed by atoms with Gasteiger partial charge in [-0.1, -0.05) is 19.1 Å². The minimum atomic E-state index is -0.160. The minimum absolute atomic E-state index is 0.160. The monoisotopic (exact) mass is 235 g/mol. The second kappa shape index (κ2) is 7.23. The number of halogens is 1. The molecule has 17 heavy (non-hydrogen) atoms. The summed E-state index contributed by atoms with van der Waals surface area (Å²) in [4.78, 5) is 0. The largest absolute Gasteiger partial charge is 0.310 e. The van der Waals surface area contributed by atoms with Crippen LogP contribution in [0.15, 0.2) is 30.9 Å². The second-order valence-electron chi connectivity index (χ2n) is 4.33. The highest BCUT2D eigenvalue weighted by atomic mass is 19.1. The Hall–Kier alpha value is -1.15. The van der Waals surface area contributed by atoms with Crippen molar-refractivity contribution in [3.05, 3.63) is 47.8 Å². The molecule has 0 fully saturated rings. The molecule has 94 valence electrons. The highest BCUT2D eigenvalue weighted by molar-refractivity contribution is 5.29. The summed E-state index contributed by atoms with van der Waals surface area (Å²) >= 11 is 0. The second-order valence-corrected chi connectivity index (χ2v) is 4.33. The lowest BCUT2D eigenvalue weighted by Crippen LogP contribution is -2.21. The summed E-state index contributed by atoms with van der Waals surface area (Å²) in [6.45, 7) is 8.73. The van der Waals surface area contributed by atoms with Crippen molar-refractivity contribution in [2.75, 3.05) is 6.54 Å². The Morgan fingerprint density at radius 1 is 1.47 bits per heavy atom. The summed E-state index contributed by atoms with van der Waals surface area (Å²) in [6, 6.07) is 5.36. The van der Waals surface area contributed by atoms with E-state index in [0.717, 1.165) is 31.4 Å². The quantitative estimate of drug-likeness (QED) is 0.553. The van der Waals surface area contributed by atoms with E-state index < -0.39 is 0 Å². The van der Waals surface area contributed by atoms with Crippen molar-refractivity contribution < 1.29 is 4.39 Å². The number of hydrogen-bond donors (Lipinski definition) is 1. The molecule has 1 unspecified atom stereocenters. The van der Waals surface area contributed by atoms with Crippen LogP contribution in [-0.4, -0.2) is 6.54 Å². The van der Waals surface area contributed by atoms with Crippen LogP contribution >= 0.6 is 0 Å². The number of nitrogens with one attached hydrogen (secondary N) is 1. The first-order chi connectivity index (χ1) is 8.19. The number of hydrogen-bond acceptors (Lipinski definition) is 1. The molecule has 0 saturated carbocycles. The summed E-state index contributed by atoms with van der Waals surface area (Å²) in [5.74, 6) is -0.160. The minimum Gasteiger partial charge on any atom is -0.310 e. The van der Waals surface area contributed by atoms with Crippen LogP contribution in [0.2, 0.25) is 0 Å². The molecule has 1 nitrogen and oxygen atoms in total. The highest BCUT2D eigenvalue weighted by Gasteiger charge is 2.12. The maximum absolute atomic E-state index is 13.1. The summed E-state index contributed by atoms with van der Waals surface area (Å²) in [6.07, 6.45) is 5.15. The Morgan fingerprint density at radius 3 is 2.82 bits per heavy atom. The van der Waals surface area contributed by atoms with Gasteiger partial charge in [0.15, 0.2) is 0 Å². The van der Waals surface area contributed by atoms with Crippen LogP contribution in [0.3, 0.4) is 0 Å². The van der Waals surface area contributed by atoms with E-state index in [2.05, 4.69) is 18.8 Å². The predicted octanol–water partition coefficient (Wildman–Crippen LogP) is 4.14. The van der Waals surface area contributed by atoms with Crippen molar-refractivity contribution in [1.29, 1.82) is 0 Å². The lowest BCUT2D eigenvalue weighted by Gasteiger charge is -2.20. The van der Waals surface area contributed by atoms with Gasteiger partial charge in [-0.05, 0) is 56.0 Å². The highest BCUT2D eigenvalue weighted by Crippen LogP contribution is 2.23. The van der Waals surface area contributed by atoms with Crippen molar-refractivity contribution in [2.45, 2.75) is 39.2 Å². The van der Waals surface area contributed by atoms with Crippen LogP contribution < -0.4 is 5.32 Å². The van der Waals surface area contributed by atoms with Gasteiger partial charge in [0, 0.05) is 6.04 Å². The smallest absolute Gasteiger partial charge is 0.123 e. The SMILES string of the molecule is C=CCCCC(NCC)c1ccc(F)cc1C. The Kier molecular flexibility index (Phi) is 5.92. The fourth-order valence-corrected chi connectivity index (χ4v) is 2.11. The fraction of sp³-hybridized carbons (Fsp3) is 0.467. The Balaban J connectivity index is 2.77. The zero-order valence-electron chi connectivity index (χ0n) is 10.8. The van der Waals surface area contributed by atoms with Crippen molar-refractivity contribution in [3.8, 4) is 0 Å². The summed E-state index contributed by atoms with van der Waals surface area (Å²) in [7, 11) is 0. The molecular formula is C15H22FN. The van der Waals surface area contributed by atoms with Crippen molar-refractivity contribution in [2.24, 2.45) is 0 Å². The van der Waals surface area contributed by atoms with E-state index in [-0.39, 0.29) is 5.82 Å². The lowest BCUT2D eigenvalue weighted by molar-refractivity contribution is 0.497. The Bertz CT molecular complexity index is 360. The van der Waals surface area contributed by atoms with E-state index in [1.807, 2.05) is 19.1 Å². The number of rotatable bonds is 7. The molecule has 0 saturated heterocycles. The normalized spacial score (nSPS) is 12.4. The van der Waals surface area contributed by atoms with Gasteiger partial charge in [-0.3, -0.25) is 0 Å². The summed E-state index contributed by atoms with van der Waals surface area (Å²) in [5.41, 5.74) is 2.23. The zero-order chi connectivity index (χ0) is 12.7. The van der Waals surface area contributed by atoms with Gasteiger partial charge in [-0.15, -0.1) is 6.58 Å². The number of unbranched alkanes of at least 4 members (excludes halogenated alkanes) is 1. The first-order valence-electron chi connectivity index (χ1n) is 6.29. The molecule has 0 amide bonds. The van der Waals surface area contributed by atoms with E-state index in [1.54, 1.807) is 12.1 Å². The van der Waals surface area contributed by atoms with E-state index in [4.69, 9.17) is 0 Å². The standard InChI is InChI=1S/C15H22FN/c1-4-6-7-8-15(17-5-2)14-10-9-13(16)11-12(14)3/h4,9-11,15,17H,1,5-8H2,2-3H3.